The summed E-state index contributed by atoms with van der Waals surface area (Å²) in [5, 5.41) is 9.60. The Kier molecular flexibility index (Phi) is 3.55. The Morgan fingerprint density at radius 3 is 2.67 bits per heavy atom. The van der Waals surface area contributed by atoms with Crippen molar-refractivity contribution in [2.24, 2.45) is 5.41 Å². The first-order valence-corrected chi connectivity index (χ1v) is 6.48. The Bertz CT molecular complexity index is 476. The van der Waals surface area contributed by atoms with Crippen molar-refractivity contribution in [3.63, 3.8) is 0 Å². The van der Waals surface area contributed by atoms with Crippen LogP contribution in [0.3, 0.4) is 0 Å². The summed E-state index contributed by atoms with van der Waals surface area (Å²) in [6, 6.07) is 8.20. The largest absolute Gasteiger partial charge is 0.481 e. The van der Waals surface area contributed by atoms with E-state index in [1.807, 2.05) is 19.1 Å². The maximum atomic E-state index is 11.7. The maximum absolute atomic E-state index is 11.7. The lowest BCUT2D eigenvalue weighted by Gasteiger charge is -2.34. The number of aliphatic carboxylic acids is 1. The Labute approximate surface area is 108 Å². The standard InChI is InChI=1S/C16H20O2/c1-12(2)7-9-16(15(17)18)10-8-13-5-3-4-6-14(13)11-16/h3-6H,1,7-11H2,2H3,(H,17,18). The molecule has 0 bridgehead atoms. The Morgan fingerprint density at radius 1 is 1.39 bits per heavy atom. The predicted octanol–water partition coefficient (Wildman–Crippen LogP) is 3.60. The highest BCUT2D eigenvalue weighted by atomic mass is 16.4. The van der Waals surface area contributed by atoms with Gasteiger partial charge in [0.1, 0.15) is 0 Å². The van der Waals surface area contributed by atoms with Crippen LogP contribution in [0, 0.1) is 5.41 Å². The third-order valence-corrected chi connectivity index (χ3v) is 4.00. The summed E-state index contributed by atoms with van der Waals surface area (Å²) in [6.07, 6.45) is 3.78. The lowest BCUT2D eigenvalue weighted by atomic mass is 9.68. The first-order chi connectivity index (χ1) is 8.53. The number of hydrogen-bond acceptors (Lipinski definition) is 1. The van der Waals surface area contributed by atoms with Crippen LogP contribution >= 0.6 is 0 Å². The van der Waals surface area contributed by atoms with Crippen molar-refractivity contribution in [2.45, 2.75) is 39.0 Å². The van der Waals surface area contributed by atoms with Gasteiger partial charge in [0.2, 0.25) is 0 Å². The molecule has 18 heavy (non-hydrogen) atoms. The van der Waals surface area contributed by atoms with Gasteiger partial charge in [-0.05, 0) is 50.2 Å². The Hall–Kier alpha value is -1.57. The first kappa shape index (κ1) is 12.9. The third-order valence-electron chi connectivity index (χ3n) is 4.00. The number of benzene rings is 1. The first-order valence-electron chi connectivity index (χ1n) is 6.48. The highest BCUT2D eigenvalue weighted by Crippen LogP contribution is 2.40. The van der Waals surface area contributed by atoms with Crippen LogP contribution in [0.5, 0.6) is 0 Å². The van der Waals surface area contributed by atoms with Crippen LogP contribution < -0.4 is 0 Å². The van der Waals surface area contributed by atoms with Gasteiger partial charge < -0.3 is 5.11 Å². The molecule has 2 heteroatoms. The average Bonchev–Trinajstić information content (AvgIpc) is 2.36. The molecule has 1 aromatic carbocycles. The molecule has 2 rings (SSSR count). The van der Waals surface area contributed by atoms with Crippen molar-refractivity contribution in [2.75, 3.05) is 0 Å². The van der Waals surface area contributed by atoms with Crippen LogP contribution in [0.4, 0.5) is 0 Å². The molecular weight excluding hydrogens is 224 g/mol. The van der Waals surface area contributed by atoms with E-state index >= 15 is 0 Å². The van der Waals surface area contributed by atoms with Crippen LogP contribution in [0.1, 0.15) is 37.3 Å². The van der Waals surface area contributed by atoms with Gasteiger partial charge in [-0.15, -0.1) is 6.58 Å². The number of carboxylic acids is 1. The number of allylic oxidation sites excluding steroid dienone is 1. The molecule has 96 valence electrons. The smallest absolute Gasteiger partial charge is 0.309 e. The number of hydrogen-bond donors (Lipinski definition) is 1. The van der Waals surface area contributed by atoms with E-state index in [-0.39, 0.29) is 0 Å². The SMILES string of the molecule is C=C(C)CCC1(C(=O)O)CCc2ccccc2C1. The topological polar surface area (TPSA) is 37.3 Å². The van der Waals surface area contributed by atoms with Crippen molar-refractivity contribution < 1.29 is 9.90 Å². The van der Waals surface area contributed by atoms with Gasteiger partial charge in [-0.25, -0.2) is 0 Å². The number of carbonyl (C=O) groups is 1. The monoisotopic (exact) mass is 244 g/mol. The second kappa shape index (κ2) is 4.97. The summed E-state index contributed by atoms with van der Waals surface area (Å²) >= 11 is 0. The average molecular weight is 244 g/mol. The van der Waals surface area contributed by atoms with Gasteiger partial charge in [0.05, 0.1) is 5.41 Å². The number of rotatable bonds is 4. The van der Waals surface area contributed by atoms with Crippen molar-refractivity contribution in [3.8, 4) is 0 Å². The molecule has 0 heterocycles. The van der Waals surface area contributed by atoms with Crippen LogP contribution in [0.15, 0.2) is 36.4 Å². The molecule has 1 unspecified atom stereocenters. The summed E-state index contributed by atoms with van der Waals surface area (Å²) in [7, 11) is 0. The Balaban J connectivity index is 2.24. The fourth-order valence-electron chi connectivity index (χ4n) is 2.76. The van der Waals surface area contributed by atoms with Crippen LogP contribution in [-0.2, 0) is 17.6 Å². The minimum absolute atomic E-state index is 0.590. The molecule has 1 aliphatic rings. The quantitative estimate of drug-likeness (QED) is 0.822. The minimum atomic E-state index is -0.654. The zero-order chi connectivity index (χ0) is 13.2. The number of aryl methyl sites for hydroxylation is 1. The van der Waals surface area contributed by atoms with Crippen molar-refractivity contribution in [1.29, 1.82) is 0 Å². The third kappa shape index (κ3) is 2.47. The van der Waals surface area contributed by atoms with E-state index in [0.717, 1.165) is 24.8 Å². The second-order valence-electron chi connectivity index (χ2n) is 5.49. The molecule has 2 nitrogen and oxygen atoms in total. The van der Waals surface area contributed by atoms with Crippen molar-refractivity contribution >= 4 is 5.97 Å². The van der Waals surface area contributed by atoms with Crippen LogP contribution in [-0.4, -0.2) is 11.1 Å². The molecule has 0 aromatic heterocycles. The molecule has 0 aliphatic heterocycles. The molecule has 1 atom stereocenters. The fourth-order valence-corrected chi connectivity index (χ4v) is 2.76. The molecule has 1 N–H and O–H groups in total. The highest BCUT2D eigenvalue weighted by molar-refractivity contribution is 5.75. The molecule has 0 radical (unpaired) electrons. The second-order valence-corrected chi connectivity index (χ2v) is 5.49. The fraction of sp³-hybridized carbons (Fsp3) is 0.438. The van der Waals surface area contributed by atoms with Crippen LogP contribution in [0.25, 0.3) is 0 Å². The molecule has 0 saturated carbocycles. The van der Waals surface area contributed by atoms with E-state index in [1.54, 1.807) is 0 Å². The summed E-state index contributed by atoms with van der Waals surface area (Å²) in [6.45, 7) is 5.85. The minimum Gasteiger partial charge on any atom is -0.481 e. The molecule has 0 amide bonds. The normalized spacial score (nSPS) is 22.3. The molecular formula is C16H20O2. The van der Waals surface area contributed by atoms with Gasteiger partial charge in [0.15, 0.2) is 0 Å². The van der Waals surface area contributed by atoms with E-state index in [9.17, 15) is 9.90 Å². The van der Waals surface area contributed by atoms with Crippen molar-refractivity contribution in [1.82, 2.24) is 0 Å². The summed E-state index contributed by atoms with van der Waals surface area (Å²) in [5.41, 5.74) is 2.99. The van der Waals surface area contributed by atoms with Gasteiger partial charge >= 0.3 is 5.97 Å². The zero-order valence-electron chi connectivity index (χ0n) is 10.9. The van der Waals surface area contributed by atoms with Gasteiger partial charge in [0.25, 0.3) is 0 Å². The zero-order valence-corrected chi connectivity index (χ0v) is 10.9. The molecule has 1 aliphatic carbocycles. The number of fused-ring (bicyclic) bond motifs is 1. The van der Waals surface area contributed by atoms with Crippen LogP contribution in [0.2, 0.25) is 0 Å². The summed E-state index contributed by atoms with van der Waals surface area (Å²) in [5.74, 6) is -0.654. The predicted molar refractivity (Wildman–Crippen MR) is 72.6 cm³/mol. The number of carboxylic acid groups (broad SMARTS) is 1. The molecule has 0 saturated heterocycles. The highest BCUT2D eigenvalue weighted by Gasteiger charge is 2.40. The molecule has 0 spiro atoms. The van der Waals surface area contributed by atoms with Crippen molar-refractivity contribution in [3.05, 3.63) is 47.5 Å². The molecule has 0 fully saturated rings. The van der Waals surface area contributed by atoms with E-state index in [2.05, 4.69) is 18.7 Å². The molecule has 1 aromatic rings. The van der Waals surface area contributed by atoms with Gasteiger partial charge in [0, 0.05) is 0 Å². The van der Waals surface area contributed by atoms with Gasteiger partial charge in [-0.3, -0.25) is 4.79 Å². The Morgan fingerprint density at radius 2 is 2.06 bits per heavy atom. The lowest BCUT2D eigenvalue weighted by molar-refractivity contribution is -0.150. The van der Waals surface area contributed by atoms with E-state index in [0.29, 0.717) is 12.8 Å². The maximum Gasteiger partial charge on any atom is 0.309 e. The van der Waals surface area contributed by atoms with E-state index < -0.39 is 11.4 Å². The van der Waals surface area contributed by atoms with E-state index in [4.69, 9.17) is 0 Å². The van der Waals surface area contributed by atoms with Gasteiger partial charge in [-0.1, -0.05) is 29.8 Å². The van der Waals surface area contributed by atoms with Gasteiger partial charge in [-0.2, -0.15) is 0 Å². The van der Waals surface area contributed by atoms with E-state index in [1.165, 1.54) is 11.1 Å². The summed E-state index contributed by atoms with van der Waals surface area (Å²) < 4.78 is 0. The summed E-state index contributed by atoms with van der Waals surface area (Å²) in [4.78, 5) is 11.7. The lowest BCUT2D eigenvalue weighted by Crippen LogP contribution is -2.37.